The molecule has 0 saturated carbocycles. The second kappa shape index (κ2) is 16.4. The Labute approximate surface area is 176 Å². The second-order valence-electron chi connectivity index (χ2n) is 8.41. The zero-order valence-electron chi connectivity index (χ0n) is 18.7. The van der Waals surface area contributed by atoms with E-state index in [1.165, 1.54) is 32.6 Å². The van der Waals surface area contributed by atoms with Crippen molar-refractivity contribution in [2.24, 2.45) is 11.8 Å². The van der Waals surface area contributed by atoms with E-state index in [0.717, 1.165) is 19.3 Å². The average molecular weight is 412 g/mol. The SMILES string of the molecule is CCCCCCCCCC(=O)C[C@@H](CNC(C)=O)C(=O)N[C@@H](CC(C)C)B(O)O. The number of carbonyl (C=O) groups excluding carboxylic acids is 3. The van der Waals surface area contributed by atoms with E-state index in [2.05, 4.69) is 17.6 Å². The van der Waals surface area contributed by atoms with Crippen LogP contribution in [0.3, 0.4) is 0 Å². The maximum absolute atomic E-state index is 12.6. The molecule has 2 amide bonds. The minimum Gasteiger partial charge on any atom is -0.426 e. The Hall–Kier alpha value is -1.41. The first-order valence-corrected chi connectivity index (χ1v) is 11.1. The first kappa shape index (κ1) is 27.6. The van der Waals surface area contributed by atoms with Crippen molar-refractivity contribution in [2.45, 2.75) is 97.8 Å². The van der Waals surface area contributed by atoms with Gasteiger partial charge in [-0.3, -0.25) is 14.4 Å². The van der Waals surface area contributed by atoms with Crippen LogP contribution in [0.5, 0.6) is 0 Å². The fraction of sp³-hybridized carbons (Fsp3) is 0.857. The van der Waals surface area contributed by atoms with Gasteiger partial charge in [0.05, 0.1) is 11.9 Å². The van der Waals surface area contributed by atoms with Crippen LogP contribution in [0.2, 0.25) is 0 Å². The van der Waals surface area contributed by atoms with Gasteiger partial charge in [-0.2, -0.15) is 0 Å². The molecule has 0 rings (SSSR count). The largest absolute Gasteiger partial charge is 0.475 e. The van der Waals surface area contributed by atoms with Crippen molar-refractivity contribution in [3.05, 3.63) is 0 Å². The van der Waals surface area contributed by atoms with Crippen LogP contribution in [0.15, 0.2) is 0 Å². The summed E-state index contributed by atoms with van der Waals surface area (Å²) in [5.74, 6) is -2.08. The number of nitrogens with one attached hydrogen (secondary N) is 2. The number of amides is 2. The number of hydrogen-bond donors (Lipinski definition) is 4. The molecule has 0 aromatic carbocycles. The van der Waals surface area contributed by atoms with Crippen molar-refractivity contribution < 1.29 is 24.4 Å². The average Bonchev–Trinajstić information content (AvgIpc) is 2.63. The Balaban J connectivity index is 4.60. The van der Waals surface area contributed by atoms with Crippen molar-refractivity contribution >= 4 is 24.7 Å². The standard InChI is InChI=1S/C21H41BN2O5/c1-5-6-7-8-9-10-11-12-19(26)14-18(15-23-17(4)25)21(27)24-20(22(28)29)13-16(2)3/h16,18,20,28-29H,5-15H2,1-4H3,(H,23,25)(H,24,27)/t18-,20-/m0/s1. The lowest BCUT2D eigenvalue weighted by Gasteiger charge is -2.23. The van der Waals surface area contributed by atoms with Crippen LogP contribution in [-0.2, 0) is 14.4 Å². The molecule has 168 valence electrons. The Morgan fingerprint density at radius 2 is 1.55 bits per heavy atom. The maximum Gasteiger partial charge on any atom is 0.475 e. The monoisotopic (exact) mass is 412 g/mol. The fourth-order valence-corrected chi connectivity index (χ4v) is 3.24. The number of ketones is 1. The lowest BCUT2D eigenvalue weighted by molar-refractivity contribution is -0.130. The molecule has 2 atom stereocenters. The van der Waals surface area contributed by atoms with Gasteiger partial charge in [-0.1, -0.05) is 59.3 Å². The van der Waals surface area contributed by atoms with Crippen LogP contribution in [0.25, 0.3) is 0 Å². The molecule has 0 unspecified atom stereocenters. The van der Waals surface area contributed by atoms with Gasteiger partial charge in [-0.05, 0) is 18.8 Å². The maximum atomic E-state index is 12.6. The molecule has 0 saturated heterocycles. The number of hydrogen-bond acceptors (Lipinski definition) is 5. The Bertz CT molecular complexity index is 486. The quantitative estimate of drug-likeness (QED) is 0.216. The number of Topliss-reactive ketones (excluding diaryl/α,β-unsaturated/α-hetero) is 1. The van der Waals surface area contributed by atoms with Crippen LogP contribution in [0, 0.1) is 11.8 Å². The molecular formula is C21H41BN2O5. The zero-order chi connectivity index (χ0) is 22.2. The minimum absolute atomic E-state index is 0.00554. The number of unbranched alkanes of at least 4 members (excludes halogenated alkanes) is 6. The number of carbonyl (C=O) groups is 3. The van der Waals surface area contributed by atoms with E-state index in [1.807, 2.05) is 13.8 Å². The molecule has 4 N–H and O–H groups in total. The molecule has 0 bridgehead atoms. The van der Waals surface area contributed by atoms with Crippen molar-refractivity contribution in [3.8, 4) is 0 Å². The summed E-state index contributed by atoms with van der Waals surface area (Å²) in [6.45, 7) is 7.43. The highest BCUT2D eigenvalue weighted by Gasteiger charge is 2.30. The Morgan fingerprint density at radius 1 is 0.966 bits per heavy atom. The molecule has 0 aromatic rings. The lowest BCUT2D eigenvalue weighted by atomic mass is 9.74. The predicted octanol–water partition coefficient (Wildman–Crippen LogP) is 2.38. The van der Waals surface area contributed by atoms with Crippen molar-refractivity contribution in [3.63, 3.8) is 0 Å². The molecule has 0 fully saturated rings. The summed E-state index contributed by atoms with van der Waals surface area (Å²) in [6.07, 6.45) is 8.69. The Morgan fingerprint density at radius 3 is 2.07 bits per heavy atom. The van der Waals surface area contributed by atoms with Crippen molar-refractivity contribution in [1.29, 1.82) is 0 Å². The van der Waals surface area contributed by atoms with Gasteiger partial charge < -0.3 is 20.7 Å². The molecular weight excluding hydrogens is 371 g/mol. The molecule has 7 nitrogen and oxygen atoms in total. The highest BCUT2D eigenvalue weighted by atomic mass is 16.4. The topological polar surface area (TPSA) is 116 Å². The summed E-state index contributed by atoms with van der Waals surface area (Å²) in [4.78, 5) is 36.2. The van der Waals surface area contributed by atoms with E-state index in [0.29, 0.717) is 12.8 Å². The first-order chi connectivity index (χ1) is 13.7. The molecule has 0 aliphatic carbocycles. The van der Waals surface area contributed by atoms with E-state index in [1.54, 1.807) is 0 Å². The summed E-state index contributed by atoms with van der Waals surface area (Å²) in [5, 5.41) is 24.3. The summed E-state index contributed by atoms with van der Waals surface area (Å²) >= 11 is 0. The third-order valence-electron chi connectivity index (χ3n) is 4.91. The first-order valence-electron chi connectivity index (χ1n) is 11.1. The van der Waals surface area contributed by atoms with Crippen LogP contribution in [-0.4, -0.2) is 47.2 Å². The molecule has 8 heteroatoms. The molecule has 0 aliphatic heterocycles. The second-order valence-corrected chi connectivity index (χ2v) is 8.41. The van der Waals surface area contributed by atoms with Crippen LogP contribution in [0.1, 0.15) is 91.9 Å². The van der Waals surface area contributed by atoms with Crippen LogP contribution in [0.4, 0.5) is 0 Å². The smallest absolute Gasteiger partial charge is 0.426 e. The van der Waals surface area contributed by atoms with E-state index in [9.17, 15) is 24.4 Å². The van der Waals surface area contributed by atoms with E-state index < -0.39 is 24.9 Å². The van der Waals surface area contributed by atoms with Gasteiger partial charge >= 0.3 is 7.12 Å². The van der Waals surface area contributed by atoms with Gasteiger partial charge in [0.15, 0.2) is 0 Å². The summed E-state index contributed by atoms with van der Waals surface area (Å²) in [7, 11) is -1.67. The number of rotatable bonds is 17. The molecule has 0 heterocycles. The van der Waals surface area contributed by atoms with Gasteiger partial charge in [0, 0.05) is 26.3 Å². The molecule has 0 spiro atoms. The summed E-state index contributed by atoms with van der Waals surface area (Å²) < 4.78 is 0. The van der Waals surface area contributed by atoms with Crippen LogP contribution >= 0.6 is 0 Å². The van der Waals surface area contributed by atoms with Crippen molar-refractivity contribution in [1.82, 2.24) is 10.6 Å². The van der Waals surface area contributed by atoms with E-state index in [4.69, 9.17) is 0 Å². The Kier molecular flexibility index (Phi) is 15.6. The third-order valence-corrected chi connectivity index (χ3v) is 4.91. The molecule has 0 aromatic heterocycles. The van der Waals surface area contributed by atoms with Crippen molar-refractivity contribution in [2.75, 3.05) is 6.54 Å². The van der Waals surface area contributed by atoms with Crippen LogP contribution < -0.4 is 10.6 Å². The van der Waals surface area contributed by atoms with Gasteiger partial charge in [-0.15, -0.1) is 0 Å². The summed E-state index contributed by atoms with van der Waals surface area (Å²) in [5.41, 5.74) is 0. The van der Waals surface area contributed by atoms with Gasteiger partial charge in [0.25, 0.3) is 0 Å². The predicted molar refractivity (Wildman–Crippen MR) is 116 cm³/mol. The van der Waals surface area contributed by atoms with Gasteiger partial charge in [0.2, 0.25) is 11.8 Å². The third kappa shape index (κ3) is 15.1. The lowest BCUT2D eigenvalue weighted by Crippen LogP contribution is -2.50. The normalized spacial score (nSPS) is 13.1. The van der Waals surface area contributed by atoms with E-state index >= 15 is 0 Å². The van der Waals surface area contributed by atoms with E-state index in [-0.39, 0.29) is 30.6 Å². The van der Waals surface area contributed by atoms with Gasteiger partial charge in [0.1, 0.15) is 5.78 Å². The molecule has 0 aliphatic rings. The van der Waals surface area contributed by atoms with Gasteiger partial charge in [-0.25, -0.2) is 0 Å². The highest BCUT2D eigenvalue weighted by molar-refractivity contribution is 6.43. The highest BCUT2D eigenvalue weighted by Crippen LogP contribution is 2.13. The molecule has 29 heavy (non-hydrogen) atoms. The minimum atomic E-state index is -1.67. The fourth-order valence-electron chi connectivity index (χ4n) is 3.24. The molecule has 0 radical (unpaired) electrons. The zero-order valence-corrected chi connectivity index (χ0v) is 18.7. The summed E-state index contributed by atoms with van der Waals surface area (Å²) in [6, 6.07) is 0.